The maximum Gasteiger partial charge on any atom is 0.253 e. The number of carbonyl (C=O) groups excluding carboxylic acids is 4. The van der Waals surface area contributed by atoms with Crippen LogP contribution in [-0.4, -0.2) is 80.4 Å². The Morgan fingerprint density at radius 2 is 1.62 bits per heavy atom. The number of fused-ring (bicyclic) bond motifs is 1. The first-order valence-electron chi connectivity index (χ1n) is 16.5. The van der Waals surface area contributed by atoms with E-state index in [1.165, 1.54) is 0 Å². The molecule has 1 fully saturated rings. The van der Waals surface area contributed by atoms with E-state index in [2.05, 4.69) is 15.7 Å². The van der Waals surface area contributed by atoms with Crippen LogP contribution in [0.5, 0.6) is 0 Å². The number of likely N-dealkylation sites (tertiary alicyclic amines) is 1. The summed E-state index contributed by atoms with van der Waals surface area (Å²) in [4.78, 5) is 62.1. The van der Waals surface area contributed by atoms with E-state index >= 15 is 0 Å². The second-order valence-electron chi connectivity index (χ2n) is 12.8. The molecule has 0 aliphatic carbocycles. The highest BCUT2D eigenvalue weighted by Gasteiger charge is 2.33. The fourth-order valence-corrected chi connectivity index (χ4v) is 6.44. The molecule has 5 rings (SSSR count). The van der Waals surface area contributed by atoms with Crippen LogP contribution in [0, 0.1) is 18.8 Å². The highest BCUT2D eigenvalue weighted by atomic mass is 35.5. The average Bonchev–Trinajstić information content (AvgIpc) is 3.44. The SMILES string of the molecule is Cc1nc2n(n1)CCN(C(=O)C1CCN(C(=O)c3ccc(Cl)cc3)CC1)CCCC(=O)N[C@@H](Cc1ccccc1)C(=O)N[C@@H]2C(C)C. The van der Waals surface area contributed by atoms with Gasteiger partial charge in [-0.1, -0.05) is 55.8 Å². The molecule has 4 amide bonds. The molecule has 250 valence electrons. The van der Waals surface area contributed by atoms with Crippen molar-refractivity contribution < 1.29 is 19.2 Å². The Morgan fingerprint density at radius 1 is 0.915 bits per heavy atom. The molecule has 0 radical (unpaired) electrons. The molecule has 2 atom stereocenters. The summed E-state index contributed by atoms with van der Waals surface area (Å²) in [6.45, 7) is 7.97. The molecule has 0 unspecified atom stereocenters. The second-order valence-corrected chi connectivity index (χ2v) is 13.2. The lowest BCUT2D eigenvalue weighted by Gasteiger charge is -2.34. The van der Waals surface area contributed by atoms with E-state index in [9.17, 15) is 19.2 Å². The summed E-state index contributed by atoms with van der Waals surface area (Å²) >= 11 is 5.99. The smallest absolute Gasteiger partial charge is 0.253 e. The van der Waals surface area contributed by atoms with Crippen molar-refractivity contribution in [3.05, 3.63) is 82.4 Å². The fourth-order valence-electron chi connectivity index (χ4n) is 6.32. The first-order valence-corrected chi connectivity index (χ1v) is 16.9. The number of piperidine rings is 1. The summed E-state index contributed by atoms with van der Waals surface area (Å²) in [5.41, 5.74) is 1.51. The number of amides is 4. The first-order chi connectivity index (χ1) is 22.6. The Morgan fingerprint density at radius 3 is 2.30 bits per heavy atom. The second kappa shape index (κ2) is 15.6. The predicted octanol–water partition coefficient (Wildman–Crippen LogP) is 3.96. The van der Waals surface area contributed by atoms with Gasteiger partial charge in [0.2, 0.25) is 17.7 Å². The number of hydrogen-bond donors (Lipinski definition) is 2. The molecule has 2 aromatic carbocycles. The molecule has 47 heavy (non-hydrogen) atoms. The van der Waals surface area contributed by atoms with Crippen LogP contribution in [0.1, 0.15) is 73.1 Å². The predicted molar refractivity (Wildman–Crippen MR) is 178 cm³/mol. The number of nitrogens with one attached hydrogen (secondary N) is 2. The van der Waals surface area contributed by atoms with Gasteiger partial charge in [-0.05, 0) is 61.9 Å². The molecule has 11 nitrogen and oxygen atoms in total. The van der Waals surface area contributed by atoms with Gasteiger partial charge in [0.15, 0.2) is 0 Å². The molecule has 0 bridgehead atoms. The summed E-state index contributed by atoms with van der Waals surface area (Å²) < 4.78 is 1.80. The van der Waals surface area contributed by atoms with Crippen LogP contribution in [0.25, 0.3) is 0 Å². The van der Waals surface area contributed by atoms with Crippen molar-refractivity contribution in [2.75, 3.05) is 26.2 Å². The Balaban J connectivity index is 1.32. The van der Waals surface area contributed by atoms with E-state index in [-0.39, 0.29) is 41.9 Å². The molecular formula is C35H44ClN7O4. The maximum absolute atomic E-state index is 14.0. The zero-order valence-electron chi connectivity index (χ0n) is 27.3. The Kier molecular flexibility index (Phi) is 11.3. The minimum atomic E-state index is -0.773. The molecule has 3 aromatic rings. The van der Waals surface area contributed by atoms with E-state index < -0.39 is 12.1 Å². The number of hydrogen-bond acceptors (Lipinski definition) is 6. The molecule has 0 spiro atoms. The Labute approximate surface area is 281 Å². The number of aromatic nitrogens is 3. The zero-order chi connectivity index (χ0) is 33.5. The number of nitrogens with zero attached hydrogens (tertiary/aromatic N) is 5. The summed E-state index contributed by atoms with van der Waals surface area (Å²) in [5, 5.41) is 11.3. The fraction of sp³-hybridized carbons (Fsp3) is 0.486. The average molecular weight is 662 g/mol. The van der Waals surface area contributed by atoms with Crippen molar-refractivity contribution in [2.24, 2.45) is 11.8 Å². The van der Waals surface area contributed by atoms with Gasteiger partial charge >= 0.3 is 0 Å². The van der Waals surface area contributed by atoms with Crippen molar-refractivity contribution in [2.45, 2.75) is 71.5 Å². The number of carbonyl (C=O) groups is 4. The van der Waals surface area contributed by atoms with E-state index in [1.54, 1.807) is 33.8 Å². The summed E-state index contributed by atoms with van der Waals surface area (Å²) in [6, 6.07) is 15.2. The number of halogens is 1. The van der Waals surface area contributed by atoms with E-state index in [0.29, 0.717) is 80.6 Å². The van der Waals surface area contributed by atoms with Crippen molar-refractivity contribution in [1.29, 1.82) is 0 Å². The van der Waals surface area contributed by atoms with Crippen molar-refractivity contribution in [1.82, 2.24) is 35.2 Å². The van der Waals surface area contributed by atoms with Crippen LogP contribution in [0.4, 0.5) is 0 Å². The highest BCUT2D eigenvalue weighted by molar-refractivity contribution is 6.30. The van der Waals surface area contributed by atoms with Crippen LogP contribution < -0.4 is 10.6 Å². The van der Waals surface area contributed by atoms with Gasteiger partial charge in [-0.15, -0.1) is 0 Å². The van der Waals surface area contributed by atoms with Gasteiger partial charge < -0.3 is 20.4 Å². The molecule has 1 aromatic heterocycles. The van der Waals surface area contributed by atoms with Gasteiger partial charge in [-0.3, -0.25) is 19.2 Å². The minimum absolute atomic E-state index is 0.0132. The van der Waals surface area contributed by atoms with Crippen LogP contribution >= 0.6 is 11.6 Å². The monoisotopic (exact) mass is 661 g/mol. The first kappa shape index (κ1) is 34.1. The third kappa shape index (κ3) is 8.77. The van der Waals surface area contributed by atoms with Crippen LogP contribution in [0.3, 0.4) is 0 Å². The third-order valence-corrected chi connectivity index (χ3v) is 9.18. The summed E-state index contributed by atoms with van der Waals surface area (Å²) in [7, 11) is 0. The molecule has 2 aliphatic rings. The Hall–Kier alpha value is -4.25. The lowest BCUT2D eigenvalue weighted by atomic mass is 9.94. The summed E-state index contributed by atoms with van der Waals surface area (Å²) in [5.74, 6) is 0.395. The highest BCUT2D eigenvalue weighted by Crippen LogP contribution is 2.24. The largest absolute Gasteiger partial charge is 0.344 e. The van der Waals surface area contributed by atoms with Gasteiger partial charge in [0.05, 0.1) is 12.6 Å². The maximum atomic E-state index is 14.0. The number of benzene rings is 2. The van der Waals surface area contributed by atoms with Crippen molar-refractivity contribution in [3.63, 3.8) is 0 Å². The lowest BCUT2D eigenvalue weighted by molar-refractivity contribution is -0.137. The zero-order valence-corrected chi connectivity index (χ0v) is 28.1. The molecule has 2 aliphatic heterocycles. The van der Waals surface area contributed by atoms with Gasteiger partial charge in [-0.25, -0.2) is 9.67 Å². The van der Waals surface area contributed by atoms with Gasteiger partial charge in [-0.2, -0.15) is 5.10 Å². The van der Waals surface area contributed by atoms with Gasteiger partial charge in [0, 0.05) is 55.5 Å². The topological polar surface area (TPSA) is 130 Å². The van der Waals surface area contributed by atoms with E-state index in [4.69, 9.17) is 16.6 Å². The van der Waals surface area contributed by atoms with Crippen molar-refractivity contribution in [3.8, 4) is 0 Å². The molecule has 1 saturated heterocycles. The molecule has 12 heteroatoms. The van der Waals surface area contributed by atoms with Crippen LogP contribution in [0.2, 0.25) is 5.02 Å². The molecular weight excluding hydrogens is 618 g/mol. The Bertz CT molecular complexity index is 1550. The number of aryl methyl sites for hydroxylation is 1. The van der Waals surface area contributed by atoms with Gasteiger partial charge in [0.1, 0.15) is 17.7 Å². The number of rotatable bonds is 5. The minimum Gasteiger partial charge on any atom is -0.344 e. The molecule has 0 saturated carbocycles. The summed E-state index contributed by atoms with van der Waals surface area (Å²) in [6.07, 6.45) is 2.09. The quantitative estimate of drug-likeness (QED) is 0.426. The standard InChI is InChI=1S/C35H44ClN7O4/c1-23(2)31-32-37-24(3)40-43(32)21-20-41(17-7-10-30(44)38-29(33(45)39-31)22-25-8-5-4-6-9-25)35(47)27-15-18-42(19-16-27)34(46)26-11-13-28(36)14-12-26/h4-6,8-9,11-14,23,27,29,31H,7,10,15-22H2,1-3H3,(H,38,44)(H,39,45)/t29-,31+/m0/s1. The molecule has 2 N–H and O–H groups in total. The third-order valence-electron chi connectivity index (χ3n) is 8.93. The lowest BCUT2D eigenvalue weighted by Crippen LogP contribution is -2.50. The molecule has 3 heterocycles. The van der Waals surface area contributed by atoms with E-state index in [1.807, 2.05) is 56.0 Å². The van der Waals surface area contributed by atoms with Crippen LogP contribution in [0.15, 0.2) is 54.6 Å². The van der Waals surface area contributed by atoms with Gasteiger partial charge in [0.25, 0.3) is 5.91 Å². The van der Waals surface area contributed by atoms with Crippen LogP contribution in [-0.2, 0) is 27.3 Å². The van der Waals surface area contributed by atoms with Crippen molar-refractivity contribution >= 4 is 35.2 Å². The normalized spacial score (nSPS) is 20.3. The van der Waals surface area contributed by atoms with E-state index in [0.717, 1.165) is 5.56 Å².